The summed E-state index contributed by atoms with van der Waals surface area (Å²) in [5.74, 6) is 0.383. The van der Waals surface area contributed by atoms with Crippen LogP contribution in [-0.2, 0) is 4.79 Å². The maximum absolute atomic E-state index is 12.0. The Hall–Kier alpha value is -1.45. The van der Waals surface area contributed by atoms with Crippen LogP contribution in [0.25, 0.3) is 0 Å². The SMILES string of the molecule is Cc1ccc(C)c(NC(=O)CSc2ccc(Cl)cc2)c1. The molecule has 1 amide bonds. The summed E-state index contributed by atoms with van der Waals surface area (Å²) in [7, 11) is 0. The summed E-state index contributed by atoms with van der Waals surface area (Å²) >= 11 is 7.32. The lowest BCUT2D eigenvalue weighted by molar-refractivity contribution is -0.113. The Morgan fingerprint density at radius 2 is 1.85 bits per heavy atom. The topological polar surface area (TPSA) is 29.1 Å². The number of aryl methyl sites for hydroxylation is 2. The van der Waals surface area contributed by atoms with E-state index < -0.39 is 0 Å². The van der Waals surface area contributed by atoms with E-state index in [4.69, 9.17) is 11.6 Å². The number of anilines is 1. The van der Waals surface area contributed by atoms with Crippen LogP contribution in [-0.4, -0.2) is 11.7 Å². The first kappa shape index (κ1) is 14.9. The zero-order valence-electron chi connectivity index (χ0n) is 11.4. The fraction of sp³-hybridized carbons (Fsp3) is 0.188. The summed E-state index contributed by atoms with van der Waals surface area (Å²) in [4.78, 5) is 13.0. The van der Waals surface area contributed by atoms with Crippen LogP contribution in [0.15, 0.2) is 47.4 Å². The molecule has 0 saturated carbocycles. The van der Waals surface area contributed by atoms with E-state index in [1.54, 1.807) is 0 Å². The molecule has 2 aromatic rings. The highest BCUT2D eigenvalue weighted by Gasteiger charge is 2.06. The molecule has 2 nitrogen and oxygen atoms in total. The molecule has 0 radical (unpaired) electrons. The summed E-state index contributed by atoms with van der Waals surface area (Å²) in [6, 6.07) is 13.5. The van der Waals surface area contributed by atoms with Gasteiger partial charge in [0.05, 0.1) is 5.75 Å². The number of benzene rings is 2. The minimum Gasteiger partial charge on any atom is -0.325 e. The molecule has 0 aliphatic carbocycles. The Kier molecular flexibility index (Phi) is 5.10. The van der Waals surface area contributed by atoms with Crippen LogP contribution in [0.1, 0.15) is 11.1 Å². The van der Waals surface area contributed by atoms with Crippen molar-refractivity contribution in [2.45, 2.75) is 18.7 Å². The van der Waals surface area contributed by atoms with Crippen molar-refractivity contribution < 1.29 is 4.79 Å². The number of rotatable bonds is 4. The third kappa shape index (κ3) is 4.29. The van der Waals surface area contributed by atoms with Crippen molar-refractivity contribution in [1.82, 2.24) is 0 Å². The molecule has 1 N–H and O–H groups in total. The number of carbonyl (C=O) groups is 1. The minimum atomic E-state index is -0.00125. The molecule has 104 valence electrons. The van der Waals surface area contributed by atoms with Crippen molar-refractivity contribution in [1.29, 1.82) is 0 Å². The molecule has 0 saturated heterocycles. The summed E-state index contributed by atoms with van der Waals surface area (Å²) < 4.78 is 0. The van der Waals surface area contributed by atoms with Gasteiger partial charge in [0.1, 0.15) is 0 Å². The molecule has 0 atom stereocenters. The molecule has 0 fully saturated rings. The van der Waals surface area contributed by atoms with Gasteiger partial charge < -0.3 is 5.32 Å². The highest BCUT2D eigenvalue weighted by Crippen LogP contribution is 2.21. The van der Waals surface area contributed by atoms with Gasteiger partial charge in [0, 0.05) is 15.6 Å². The number of halogens is 1. The van der Waals surface area contributed by atoms with Gasteiger partial charge in [-0.25, -0.2) is 0 Å². The predicted molar refractivity (Wildman–Crippen MR) is 86.7 cm³/mol. The van der Waals surface area contributed by atoms with Gasteiger partial charge in [-0.2, -0.15) is 0 Å². The third-order valence-electron chi connectivity index (χ3n) is 2.85. The van der Waals surface area contributed by atoms with Gasteiger partial charge in [0.2, 0.25) is 5.91 Å². The molecule has 2 rings (SSSR count). The van der Waals surface area contributed by atoms with E-state index in [0.29, 0.717) is 10.8 Å². The number of hydrogen-bond acceptors (Lipinski definition) is 2. The van der Waals surface area contributed by atoms with E-state index in [2.05, 4.69) is 5.32 Å². The summed E-state index contributed by atoms with van der Waals surface area (Å²) in [5, 5.41) is 3.65. The van der Waals surface area contributed by atoms with Crippen molar-refractivity contribution >= 4 is 35.0 Å². The fourth-order valence-electron chi connectivity index (χ4n) is 1.74. The lowest BCUT2D eigenvalue weighted by Crippen LogP contribution is -2.14. The number of thioether (sulfide) groups is 1. The number of hydrogen-bond donors (Lipinski definition) is 1. The zero-order chi connectivity index (χ0) is 14.5. The maximum atomic E-state index is 12.0. The smallest absolute Gasteiger partial charge is 0.234 e. The Morgan fingerprint density at radius 1 is 1.15 bits per heavy atom. The van der Waals surface area contributed by atoms with Crippen LogP contribution in [0.2, 0.25) is 5.02 Å². The first-order chi connectivity index (χ1) is 9.54. The van der Waals surface area contributed by atoms with Crippen LogP contribution >= 0.6 is 23.4 Å². The van der Waals surface area contributed by atoms with Crippen LogP contribution in [0.4, 0.5) is 5.69 Å². The van der Waals surface area contributed by atoms with Crippen LogP contribution < -0.4 is 5.32 Å². The van der Waals surface area contributed by atoms with Gasteiger partial charge in [-0.05, 0) is 55.3 Å². The first-order valence-corrected chi connectivity index (χ1v) is 7.66. The van der Waals surface area contributed by atoms with Crippen LogP contribution in [0.5, 0.6) is 0 Å². The molecule has 0 aliphatic heterocycles. The molecule has 2 aromatic carbocycles. The standard InChI is InChI=1S/C16H16ClNOS/c1-11-3-4-12(2)15(9-11)18-16(19)10-20-14-7-5-13(17)6-8-14/h3-9H,10H2,1-2H3,(H,18,19). The molecule has 0 spiro atoms. The molecule has 20 heavy (non-hydrogen) atoms. The molecule has 0 bridgehead atoms. The Bertz CT molecular complexity index is 610. The van der Waals surface area contributed by atoms with E-state index >= 15 is 0 Å². The van der Waals surface area contributed by atoms with E-state index in [1.165, 1.54) is 11.8 Å². The average Bonchev–Trinajstić information content (AvgIpc) is 2.42. The van der Waals surface area contributed by atoms with Crippen LogP contribution in [0.3, 0.4) is 0 Å². The zero-order valence-corrected chi connectivity index (χ0v) is 13.0. The number of carbonyl (C=O) groups excluding carboxylic acids is 1. The Balaban J connectivity index is 1.92. The second-order valence-corrected chi connectivity index (χ2v) is 6.09. The van der Waals surface area contributed by atoms with Crippen molar-refractivity contribution in [2.75, 3.05) is 11.1 Å². The van der Waals surface area contributed by atoms with Gasteiger partial charge in [0.25, 0.3) is 0 Å². The van der Waals surface area contributed by atoms with E-state index in [9.17, 15) is 4.79 Å². The summed E-state index contributed by atoms with van der Waals surface area (Å²) in [6.07, 6.45) is 0. The molecule has 0 aromatic heterocycles. The van der Waals surface area contributed by atoms with Crippen molar-refractivity contribution in [3.05, 3.63) is 58.6 Å². The molecular weight excluding hydrogens is 290 g/mol. The summed E-state index contributed by atoms with van der Waals surface area (Å²) in [6.45, 7) is 4.00. The van der Waals surface area contributed by atoms with E-state index in [0.717, 1.165) is 21.7 Å². The second-order valence-electron chi connectivity index (χ2n) is 4.61. The molecule has 0 heterocycles. The molecular formula is C16H16ClNOS. The molecule has 0 aliphatic rings. The van der Waals surface area contributed by atoms with Gasteiger partial charge in [0.15, 0.2) is 0 Å². The number of nitrogens with one attached hydrogen (secondary N) is 1. The highest BCUT2D eigenvalue weighted by molar-refractivity contribution is 8.00. The lowest BCUT2D eigenvalue weighted by Gasteiger charge is -2.09. The van der Waals surface area contributed by atoms with Gasteiger partial charge in [-0.1, -0.05) is 23.7 Å². The lowest BCUT2D eigenvalue weighted by atomic mass is 10.1. The Labute approximate surface area is 128 Å². The first-order valence-electron chi connectivity index (χ1n) is 6.30. The second kappa shape index (κ2) is 6.82. The summed E-state index contributed by atoms with van der Waals surface area (Å²) in [5.41, 5.74) is 3.09. The monoisotopic (exact) mass is 305 g/mol. The van der Waals surface area contributed by atoms with Crippen molar-refractivity contribution in [3.8, 4) is 0 Å². The predicted octanol–water partition coefficient (Wildman–Crippen LogP) is 4.69. The highest BCUT2D eigenvalue weighted by atomic mass is 35.5. The number of amides is 1. The van der Waals surface area contributed by atoms with Crippen molar-refractivity contribution in [3.63, 3.8) is 0 Å². The van der Waals surface area contributed by atoms with Crippen LogP contribution in [0, 0.1) is 13.8 Å². The minimum absolute atomic E-state index is 0.00125. The van der Waals surface area contributed by atoms with E-state index in [-0.39, 0.29) is 5.91 Å². The van der Waals surface area contributed by atoms with Gasteiger partial charge in [-0.15, -0.1) is 11.8 Å². The fourth-order valence-corrected chi connectivity index (χ4v) is 2.56. The molecule has 0 unspecified atom stereocenters. The molecule has 4 heteroatoms. The van der Waals surface area contributed by atoms with E-state index in [1.807, 2.05) is 56.3 Å². The third-order valence-corrected chi connectivity index (χ3v) is 4.11. The quantitative estimate of drug-likeness (QED) is 0.830. The van der Waals surface area contributed by atoms with Crippen molar-refractivity contribution in [2.24, 2.45) is 0 Å². The largest absolute Gasteiger partial charge is 0.325 e. The Morgan fingerprint density at radius 3 is 2.55 bits per heavy atom. The maximum Gasteiger partial charge on any atom is 0.234 e. The van der Waals surface area contributed by atoms with Gasteiger partial charge >= 0.3 is 0 Å². The normalized spacial score (nSPS) is 10.3. The van der Waals surface area contributed by atoms with Gasteiger partial charge in [-0.3, -0.25) is 4.79 Å². The average molecular weight is 306 g/mol.